The average molecular weight is 388 g/mol. The minimum atomic E-state index is -0.215. The van der Waals surface area contributed by atoms with Crippen molar-refractivity contribution >= 4 is 23.1 Å². The maximum absolute atomic E-state index is 13.0. The van der Waals surface area contributed by atoms with E-state index in [2.05, 4.69) is 16.7 Å². The van der Waals surface area contributed by atoms with E-state index in [1.165, 1.54) is 12.1 Å². The van der Waals surface area contributed by atoms with Crippen LogP contribution in [0, 0.1) is 5.82 Å². The number of hydrogen-bond acceptors (Lipinski definition) is 4. The number of halogens is 2. The molecule has 0 amide bonds. The molecule has 1 saturated heterocycles. The molecule has 0 saturated carbocycles. The number of rotatable bonds is 5. The van der Waals surface area contributed by atoms with Gasteiger partial charge in [0.05, 0.1) is 0 Å². The fourth-order valence-corrected chi connectivity index (χ4v) is 3.45. The zero-order valence-corrected chi connectivity index (χ0v) is 16.0. The van der Waals surface area contributed by atoms with Crippen molar-refractivity contribution in [3.63, 3.8) is 0 Å². The van der Waals surface area contributed by atoms with Gasteiger partial charge < -0.3 is 10.6 Å². The van der Waals surface area contributed by atoms with Crippen LogP contribution in [0.15, 0.2) is 54.7 Å². The first kappa shape index (κ1) is 19.4. The summed E-state index contributed by atoms with van der Waals surface area (Å²) in [6.45, 7) is 5.50. The van der Waals surface area contributed by atoms with E-state index >= 15 is 0 Å². The molecule has 1 fully saturated rings. The molecule has 6 heteroatoms. The summed E-state index contributed by atoms with van der Waals surface area (Å²) in [6.07, 6.45) is 3.40. The highest BCUT2D eigenvalue weighted by molar-refractivity contribution is 6.31. The van der Waals surface area contributed by atoms with E-state index in [0.29, 0.717) is 16.3 Å². The Bertz CT molecular complexity index is 838. The molecule has 0 bridgehead atoms. The molecule has 1 aliphatic rings. The Balaban J connectivity index is 1.57. The largest absolute Gasteiger partial charge is 0.398 e. The van der Waals surface area contributed by atoms with Crippen molar-refractivity contribution in [3.05, 3.63) is 76.7 Å². The Kier molecular flexibility index (Phi) is 6.14. The van der Waals surface area contributed by atoms with Gasteiger partial charge in [-0.15, -0.1) is 0 Å². The normalized spacial score (nSPS) is 18.2. The number of carbonyl (C=O) groups excluding carboxylic acids is 1. The van der Waals surface area contributed by atoms with Crippen LogP contribution in [0.3, 0.4) is 0 Å². The third-order valence-corrected chi connectivity index (χ3v) is 5.01. The first-order valence-corrected chi connectivity index (χ1v) is 9.30. The van der Waals surface area contributed by atoms with Crippen LogP contribution in [-0.4, -0.2) is 41.3 Å². The van der Waals surface area contributed by atoms with Crippen LogP contribution >= 0.6 is 11.6 Å². The third kappa shape index (κ3) is 5.08. The van der Waals surface area contributed by atoms with Gasteiger partial charge in [-0.3, -0.25) is 9.69 Å². The van der Waals surface area contributed by atoms with Crippen molar-refractivity contribution in [3.8, 4) is 0 Å². The van der Waals surface area contributed by atoms with E-state index in [-0.39, 0.29) is 17.6 Å². The summed E-state index contributed by atoms with van der Waals surface area (Å²) in [5.41, 5.74) is 7.81. The first-order valence-electron chi connectivity index (χ1n) is 8.92. The SMILES string of the molecule is CC1CN(Cc2ccc(F)cc2)CCN1C=CC(=O)c1ccc(Cl)cc1N. The maximum atomic E-state index is 13.0. The van der Waals surface area contributed by atoms with E-state index in [0.717, 1.165) is 31.7 Å². The number of ketones is 1. The monoisotopic (exact) mass is 387 g/mol. The molecule has 2 aromatic rings. The summed E-state index contributed by atoms with van der Waals surface area (Å²) >= 11 is 5.88. The number of anilines is 1. The fraction of sp³-hybridized carbons (Fsp3) is 0.286. The van der Waals surface area contributed by atoms with Gasteiger partial charge in [0, 0.05) is 60.8 Å². The van der Waals surface area contributed by atoms with Crippen LogP contribution in [0.2, 0.25) is 5.02 Å². The molecule has 2 N–H and O–H groups in total. The summed E-state index contributed by atoms with van der Waals surface area (Å²) in [5.74, 6) is -0.349. The summed E-state index contributed by atoms with van der Waals surface area (Å²) in [5, 5.41) is 0.513. The van der Waals surface area contributed by atoms with E-state index in [1.54, 1.807) is 24.3 Å². The molecule has 0 aromatic heterocycles. The number of nitrogens with two attached hydrogens (primary N) is 1. The second-order valence-electron chi connectivity index (χ2n) is 6.86. The van der Waals surface area contributed by atoms with Crippen LogP contribution in [0.25, 0.3) is 0 Å². The number of carbonyl (C=O) groups is 1. The van der Waals surface area contributed by atoms with Crippen molar-refractivity contribution < 1.29 is 9.18 Å². The minimum Gasteiger partial charge on any atom is -0.398 e. The van der Waals surface area contributed by atoms with Crippen LogP contribution in [0.1, 0.15) is 22.8 Å². The standard InChI is InChI=1S/C21H23ClFN3O/c1-15-13-25(14-16-2-5-18(23)6-3-16)10-11-26(15)9-8-21(27)19-7-4-17(22)12-20(19)24/h2-9,12,15H,10-11,13-14,24H2,1H3. The Labute approximate surface area is 164 Å². The van der Waals surface area contributed by atoms with Gasteiger partial charge in [0.15, 0.2) is 5.78 Å². The van der Waals surface area contributed by atoms with Crippen LogP contribution in [0.4, 0.5) is 10.1 Å². The zero-order chi connectivity index (χ0) is 19.4. The third-order valence-electron chi connectivity index (χ3n) is 4.78. The summed E-state index contributed by atoms with van der Waals surface area (Å²) in [4.78, 5) is 16.9. The molecule has 0 radical (unpaired) electrons. The second kappa shape index (κ2) is 8.55. The Morgan fingerprint density at radius 2 is 2.00 bits per heavy atom. The highest BCUT2D eigenvalue weighted by Crippen LogP contribution is 2.19. The van der Waals surface area contributed by atoms with Gasteiger partial charge in [0.25, 0.3) is 0 Å². The summed E-state index contributed by atoms with van der Waals surface area (Å²) in [6, 6.07) is 11.8. The van der Waals surface area contributed by atoms with E-state index < -0.39 is 0 Å². The van der Waals surface area contributed by atoms with Gasteiger partial charge in [-0.25, -0.2) is 4.39 Å². The molecular formula is C21H23ClFN3O. The average Bonchev–Trinajstić information content (AvgIpc) is 2.63. The lowest BCUT2D eigenvalue weighted by Gasteiger charge is -2.39. The Morgan fingerprint density at radius 1 is 1.26 bits per heavy atom. The smallest absolute Gasteiger partial charge is 0.189 e. The number of benzene rings is 2. The molecule has 1 heterocycles. The van der Waals surface area contributed by atoms with Crippen LogP contribution < -0.4 is 5.73 Å². The number of hydrogen-bond donors (Lipinski definition) is 1. The van der Waals surface area contributed by atoms with Crippen molar-refractivity contribution in [2.75, 3.05) is 25.4 Å². The van der Waals surface area contributed by atoms with Crippen molar-refractivity contribution in [1.29, 1.82) is 0 Å². The molecule has 1 unspecified atom stereocenters. The molecule has 142 valence electrons. The Hall–Kier alpha value is -2.37. The van der Waals surface area contributed by atoms with Gasteiger partial charge >= 0.3 is 0 Å². The van der Waals surface area contributed by atoms with Gasteiger partial charge in [-0.05, 0) is 42.8 Å². The molecule has 1 atom stereocenters. The summed E-state index contributed by atoms with van der Waals surface area (Å²) < 4.78 is 13.0. The van der Waals surface area contributed by atoms with Gasteiger partial charge in [-0.1, -0.05) is 23.7 Å². The van der Waals surface area contributed by atoms with Crippen LogP contribution in [-0.2, 0) is 6.54 Å². The van der Waals surface area contributed by atoms with Crippen LogP contribution in [0.5, 0.6) is 0 Å². The predicted octanol–water partition coefficient (Wildman–Crippen LogP) is 3.96. The van der Waals surface area contributed by atoms with Crippen molar-refractivity contribution in [2.24, 2.45) is 0 Å². The topological polar surface area (TPSA) is 49.6 Å². The molecule has 1 aliphatic heterocycles. The number of allylic oxidation sites excluding steroid dienone is 1. The minimum absolute atomic E-state index is 0.134. The lowest BCUT2D eigenvalue weighted by molar-refractivity contribution is 0.103. The lowest BCUT2D eigenvalue weighted by Crippen LogP contribution is -2.49. The van der Waals surface area contributed by atoms with E-state index in [4.69, 9.17) is 17.3 Å². The van der Waals surface area contributed by atoms with Gasteiger partial charge in [-0.2, -0.15) is 0 Å². The number of piperazine rings is 1. The molecular weight excluding hydrogens is 365 g/mol. The molecule has 3 rings (SSSR count). The molecule has 4 nitrogen and oxygen atoms in total. The second-order valence-corrected chi connectivity index (χ2v) is 7.30. The molecule has 0 aliphatic carbocycles. The lowest BCUT2D eigenvalue weighted by atomic mass is 10.1. The van der Waals surface area contributed by atoms with E-state index in [9.17, 15) is 9.18 Å². The summed E-state index contributed by atoms with van der Waals surface area (Å²) in [7, 11) is 0. The molecule has 27 heavy (non-hydrogen) atoms. The van der Waals surface area contributed by atoms with Crippen molar-refractivity contribution in [1.82, 2.24) is 9.80 Å². The highest BCUT2D eigenvalue weighted by atomic mass is 35.5. The predicted molar refractivity (Wildman–Crippen MR) is 107 cm³/mol. The molecule has 0 spiro atoms. The fourth-order valence-electron chi connectivity index (χ4n) is 3.27. The quantitative estimate of drug-likeness (QED) is 0.479. The van der Waals surface area contributed by atoms with Gasteiger partial charge in [0.1, 0.15) is 5.82 Å². The first-order chi connectivity index (χ1) is 12.9. The highest BCUT2D eigenvalue weighted by Gasteiger charge is 2.21. The Morgan fingerprint density at radius 3 is 2.67 bits per heavy atom. The molecule has 2 aromatic carbocycles. The van der Waals surface area contributed by atoms with Gasteiger partial charge in [0.2, 0.25) is 0 Å². The van der Waals surface area contributed by atoms with Crippen molar-refractivity contribution in [2.45, 2.75) is 19.5 Å². The zero-order valence-electron chi connectivity index (χ0n) is 15.2. The number of nitrogens with zero attached hydrogens (tertiary/aromatic N) is 2. The maximum Gasteiger partial charge on any atom is 0.189 e. The van der Waals surface area contributed by atoms with E-state index in [1.807, 2.05) is 18.3 Å². The number of nitrogen functional groups attached to an aromatic ring is 1.